The minimum atomic E-state index is -0.295. The lowest BCUT2D eigenvalue weighted by Crippen LogP contribution is -2.22. The zero-order valence-electron chi connectivity index (χ0n) is 22.7. The van der Waals surface area contributed by atoms with Crippen LogP contribution < -0.4 is 4.74 Å². The number of para-hydroxylation sites is 1. The Morgan fingerprint density at radius 3 is 2.12 bits per heavy atom. The normalized spacial score (nSPS) is 16.2. The van der Waals surface area contributed by atoms with Crippen molar-refractivity contribution in [3.05, 3.63) is 156 Å². The number of rotatable bonds is 2. The third-order valence-electron chi connectivity index (χ3n) is 9.32. The molecule has 0 amide bonds. The Kier molecular flexibility index (Phi) is 4.52. The van der Waals surface area contributed by atoms with Crippen LogP contribution in [0.3, 0.4) is 0 Å². The fraction of sp³-hybridized carbons (Fsp3) is 0.0500. The second kappa shape index (κ2) is 8.19. The van der Waals surface area contributed by atoms with E-state index in [1.165, 1.54) is 60.5 Å². The number of ether oxygens (including phenoxy) is 1. The zero-order chi connectivity index (χ0) is 27.1. The Hall–Kier alpha value is -5.14. The molecule has 0 saturated carbocycles. The molecule has 1 atom stereocenters. The first-order chi connectivity index (χ1) is 20.2. The molecule has 0 saturated heterocycles. The van der Waals surface area contributed by atoms with Gasteiger partial charge in [0.1, 0.15) is 11.5 Å². The molecule has 0 aromatic heterocycles. The van der Waals surface area contributed by atoms with Gasteiger partial charge in [-0.1, -0.05) is 127 Å². The molecule has 192 valence electrons. The number of benzene rings is 7. The molecule has 7 aromatic rings. The van der Waals surface area contributed by atoms with Crippen LogP contribution in [0.4, 0.5) is 0 Å². The Labute approximate surface area is 239 Å². The van der Waals surface area contributed by atoms with Gasteiger partial charge in [0.05, 0.1) is 0 Å². The molecule has 1 nitrogen and oxygen atoms in total. The summed E-state index contributed by atoms with van der Waals surface area (Å²) in [7, 11) is 0. The van der Waals surface area contributed by atoms with E-state index in [1.54, 1.807) is 0 Å². The average molecular weight is 523 g/mol. The van der Waals surface area contributed by atoms with Gasteiger partial charge < -0.3 is 4.74 Å². The molecule has 1 heterocycles. The highest BCUT2D eigenvalue weighted by Gasteiger charge is 2.42. The van der Waals surface area contributed by atoms with Gasteiger partial charge in [-0.2, -0.15) is 0 Å². The van der Waals surface area contributed by atoms with E-state index in [0.29, 0.717) is 0 Å². The largest absolute Gasteiger partial charge is 0.455 e. The second-order valence-electron chi connectivity index (χ2n) is 11.4. The predicted octanol–water partition coefficient (Wildman–Crippen LogP) is 10.8. The fourth-order valence-corrected chi connectivity index (χ4v) is 7.41. The van der Waals surface area contributed by atoms with Crippen LogP contribution in [0.15, 0.2) is 140 Å². The topological polar surface area (TPSA) is 9.23 Å². The number of hydrogen-bond acceptors (Lipinski definition) is 1. The second-order valence-corrected chi connectivity index (χ2v) is 11.4. The van der Waals surface area contributed by atoms with E-state index >= 15 is 0 Å². The van der Waals surface area contributed by atoms with Gasteiger partial charge in [0.2, 0.25) is 0 Å². The van der Waals surface area contributed by atoms with Gasteiger partial charge in [-0.3, -0.25) is 0 Å². The van der Waals surface area contributed by atoms with Crippen molar-refractivity contribution in [2.24, 2.45) is 0 Å². The third-order valence-corrected chi connectivity index (χ3v) is 9.32. The maximum Gasteiger partial charge on any atom is 0.143 e. The summed E-state index contributed by atoms with van der Waals surface area (Å²) in [5.41, 5.74) is 11.0. The van der Waals surface area contributed by atoms with Crippen molar-refractivity contribution in [1.29, 1.82) is 0 Å². The monoisotopic (exact) mass is 522 g/mol. The van der Waals surface area contributed by atoms with Crippen LogP contribution in [0.25, 0.3) is 54.9 Å². The van der Waals surface area contributed by atoms with E-state index in [2.05, 4.69) is 146 Å². The van der Waals surface area contributed by atoms with Gasteiger partial charge in [0.15, 0.2) is 0 Å². The summed E-state index contributed by atoms with van der Waals surface area (Å²) >= 11 is 0. The van der Waals surface area contributed by atoms with Crippen LogP contribution in [0.1, 0.15) is 23.6 Å². The summed E-state index contributed by atoms with van der Waals surface area (Å²) in [4.78, 5) is 0. The smallest absolute Gasteiger partial charge is 0.143 e. The molecule has 0 bridgehead atoms. The molecule has 0 radical (unpaired) electrons. The molecule has 2 aliphatic rings. The molecule has 1 aliphatic carbocycles. The van der Waals surface area contributed by atoms with Crippen molar-refractivity contribution in [3.63, 3.8) is 0 Å². The maximum absolute atomic E-state index is 6.71. The lowest BCUT2D eigenvalue weighted by Gasteiger charge is -2.30. The van der Waals surface area contributed by atoms with Gasteiger partial charge in [0.25, 0.3) is 0 Å². The van der Waals surface area contributed by atoms with E-state index in [4.69, 9.17) is 4.74 Å². The van der Waals surface area contributed by atoms with Crippen LogP contribution in [0.2, 0.25) is 0 Å². The standard InChI is InChI=1S/C40H26O/c1-40(28-13-3-2-4-14-28)35-24-27(21-22-31(35)33-23-20-25-10-5-6-15-29(25)38(33)40)30-16-9-18-34-32-17-7-11-26-12-8-19-36(37(26)32)41-39(30)34/h2-24H,1H3. The highest BCUT2D eigenvalue weighted by atomic mass is 16.5. The lowest BCUT2D eigenvalue weighted by molar-refractivity contribution is 0.489. The third kappa shape index (κ3) is 3.01. The first kappa shape index (κ1) is 22.7. The van der Waals surface area contributed by atoms with Crippen molar-refractivity contribution in [2.75, 3.05) is 0 Å². The van der Waals surface area contributed by atoms with E-state index in [0.717, 1.165) is 22.6 Å². The molecule has 7 aromatic carbocycles. The summed E-state index contributed by atoms with van der Waals surface area (Å²) < 4.78 is 6.71. The molecule has 41 heavy (non-hydrogen) atoms. The average Bonchev–Trinajstić information content (AvgIpc) is 3.30. The summed E-state index contributed by atoms with van der Waals surface area (Å²) in [6.45, 7) is 2.40. The number of hydrogen-bond donors (Lipinski definition) is 0. The quantitative estimate of drug-likeness (QED) is 0.219. The summed E-state index contributed by atoms with van der Waals surface area (Å²) in [6, 6.07) is 50.8. The highest BCUT2D eigenvalue weighted by Crippen LogP contribution is 2.56. The number of fused-ring (bicyclic) bond motifs is 7. The minimum Gasteiger partial charge on any atom is -0.455 e. The molecular weight excluding hydrogens is 496 g/mol. The van der Waals surface area contributed by atoms with E-state index in [-0.39, 0.29) is 5.41 Å². The van der Waals surface area contributed by atoms with E-state index < -0.39 is 0 Å². The van der Waals surface area contributed by atoms with E-state index in [9.17, 15) is 0 Å². The van der Waals surface area contributed by atoms with Crippen LogP contribution in [-0.4, -0.2) is 0 Å². The summed E-state index contributed by atoms with van der Waals surface area (Å²) in [5, 5.41) is 4.99. The molecule has 0 spiro atoms. The summed E-state index contributed by atoms with van der Waals surface area (Å²) in [5.74, 6) is 1.85. The Balaban J connectivity index is 1.30. The van der Waals surface area contributed by atoms with Gasteiger partial charge in [-0.15, -0.1) is 0 Å². The van der Waals surface area contributed by atoms with Crippen LogP contribution in [-0.2, 0) is 5.41 Å². The molecule has 0 N–H and O–H groups in total. The van der Waals surface area contributed by atoms with Gasteiger partial charge >= 0.3 is 0 Å². The fourth-order valence-electron chi connectivity index (χ4n) is 7.41. The van der Waals surface area contributed by atoms with Crippen LogP contribution in [0.5, 0.6) is 11.5 Å². The van der Waals surface area contributed by atoms with Crippen molar-refractivity contribution in [3.8, 4) is 44.9 Å². The van der Waals surface area contributed by atoms with Crippen LogP contribution >= 0.6 is 0 Å². The SMILES string of the molecule is CC1(c2ccccc2)c2cc(-c3cccc4c3Oc3cccc5cccc-4c35)ccc2-c2ccc3ccccc3c21. The van der Waals surface area contributed by atoms with Gasteiger partial charge in [-0.25, -0.2) is 0 Å². The van der Waals surface area contributed by atoms with Gasteiger partial charge in [-0.05, 0) is 74.2 Å². The van der Waals surface area contributed by atoms with Crippen LogP contribution in [0, 0.1) is 0 Å². The molecule has 1 aliphatic heterocycles. The molecular formula is C40H26O. The maximum atomic E-state index is 6.71. The Bertz CT molecular complexity index is 2180. The molecule has 0 fully saturated rings. The van der Waals surface area contributed by atoms with Crippen molar-refractivity contribution < 1.29 is 4.74 Å². The zero-order valence-corrected chi connectivity index (χ0v) is 22.7. The van der Waals surface area contributed by atoms with Crippen molar-refractivity contribution in [1.82, 2.24) is 0 Å². The van der Waals surface area contributed by atoms with Crippen molar-refractivity contribution >= 4 is 21.5 Å². The predicted molar refractivity (Wildman–Crippen MR) is 170 cm³/mol. The summed E-state index contributed by atoms with van der Waals surface area (Å²) in [6.07, 6.45) is 0. The molecule has 9 rings (SSSR count). The Morgan fingerprint density at radius 2 is 1.22 bits per heavy atom. The first-order valence-electron chi connectivity index (χ1n) is 14.3. The highest BCUT2D eigenvalue weighted by molar-refractivity contribution is 6.06. The lowest BCUT2D eigenvalue weighted by atomic mass is 9.72. The molecule has 1 unspecified atom stereocenters. The van der Waals surface area contributed by atoms with Crippen molar-refractivity contribution in [2.45, 2.75) is 12.3 Å². The first-order valence-corrected chi connectivity index (χ1v) is 14.3. The Morgan fingerprint density at radius 1 is 0.512 bits per heavy atom. The molecule has 1 heteroatoms. The van der Waals surface area contributed by atoms with Gasteiger partial charge in [0, 0.05) is 21.9 Å². The van der Waals surface area contributed by atoms with E-state index in [1.807, 2.05) is 0 Å². The minimum absolute atomic E-state index is 0.295.